The lowest BCUT2D eigenvalue weighted by Gasteiger charge is -2.20. The zero-order valence-corrected chi connectivity index (χ0v) is 7.82. The van der Waals surface area contributed by atoms with Crippen LogP contribution in [0.5, 0.6) is 5.75 Å². The Hall–Kier alpha value is -1.02. The first-order chi connectivity index (χ1) is 5.70. The molecule has 0 fully saturated rings. The number of hydrogen-bond acceptors (Lipinski definition) is 2. The van der Waals surface area contributed by atoms with Gasteiger partial charge in [0.05, 0.1) is 0 Å². The van der Waals surface area contributed by atoms with E-state index in [9.17, 15) is 0 Å². The quantitative estimate of drug-likeness (QED) is 0.637. The molecule has 1 aromatic rings. The molecule has 0 radical (unpaired) electrons. The first-order valence-corrected chi connectivity index (χ1v) is 4.16. The van der Waals surface area contributed by atoms with Gasteiger partial charge in [0.15, 0.2) is 0 Å². The van der Waals surface area contributed by atoms with Crippen LogP contribution in [0, 0.1) is 0 Å². The average molecular weight is 165 g/mol. The van der Waals surface area contributed by atoms with Gasteiger partial charge >= 0.3 is 0 Å². The third kappa shape index (κ3) is 2.55. The Morgan fingerprint density at radius 2 is 1.75 bits per heavy atom. The van der Waals surface area contributed by atoms with Crippen LogP contribution < -0.4 is 4.84 Å². The molecule has 2 nitrogen and oxygen atoms in total. The molecule has 0 amide bonds. The van der Waals surface area contributed by atoms with Crippen LogP contribution in [0.3, 0.4) is 0 Å². The highest BCUT2D eigenvalue weighted by atomic mass is 16.7. The van der Waals surface area contributed by atoms with E-state index in [0.717, 1.165) is 5.75 Å². The second-order valence-electron chi connectivity index (χ2n) is 3.04. The van der Waals surface area contributed by atoms with Crippen molar-refractivity contribution in [1.82, 2.24) is 5.06 Å². The Labute approximate surface area is 73.7 Å². The molecule has 0 aliphatic heterocycles. The van der Waals surface area contributed by atoms with Crippen molar-refractivity contribution < 1.29 is 4.84 Å². The summed E-state index contributed by atoms with van der Waals surface area (Å²) in [5, 5.41) is 1.83. The number of nitrogens with zero attached hydrogens (tertiary/aromatic N) is 1. The van der Waals surface area contributed by atoms with Gasteiger partial charge in [-0.2, -0.15) is 0 Å². The van der Waals surface area contributed by atoms with Gasteiger partial charge in [0.2, 0.25) is 0 Å². The third-order valence-electron chi connectivity index (χ3n) is 1.72. The Balaban J connectivity index is 2.53. The normalized spacial score (nSPS) is 10.8. The van der Waals surface area contributed by atoms with Crippen LogP contribution >= 0.6 is 0 Å². The van der Waals surface area contributed by atoms with E-state index in [-0.39, 0.29) is 0 Å². The second kappa shape index (κ2) is 4.12. The van der Waals surface area contributed by atoms with E-state index in [1.54, 1.807) is 0 Å². The van der Waals surface area contributed by atoms with E-state index < -0.39 is 0 Å². The maximum atomic E-state index is 5.51. The molecule has 0 N–H and O–H groups in total. The van der Waals surface area contributed by atoms with Crippen LogP contribution in [0.2, 0.25) is 0 Å². The van der Waals surface area contributed by atoms with Gasteiger partial charge in [0, 0.05) is 13.1 Å². The Bertz CT molecular complexity index is 221. The number of hydrogen-bond donors (Lipinski definition) is 0. The summed E-state index contributed by atoms with van der Waals surface area (Å²) in [5.41, 5.74) is 0. The maximum absolute atomic E-state index is 5.51. The first kappa shape index (κ1) is 9.07. The molecule has 0 unspecified atom stereocenters. The highest BCUT2D eigenvalue weighted by Gasteiger charge is 2.03. The van der Waals surface area contributed by atoms with Crippen molar-refractivity contribution >= 4 is 0 Å². The fraction of sp³-hybridized carbons (Fsp3) is 0.400. The predicted molar refractivity (Wildman–Crippen MR) is 50.0 cm³/mol. The largest absolute Gasteiger partial charge is 0.406 e. The van der Waals surface area contributed by atoms with Crippen molar-refractivity contribution in [3.8, 4) is 5.75 Å². The van der Waals surface area contributed by atoms with E-state index in [1.165, 1.54) is 0 Å². The van der Waals surface area contributed by atoms with Gasteiger partial charge < -0.3 is 4.84 Å². The predicted octanol–water partition coefficient (Wildman–Crippen LogP) is 2.32. The monoisotopic (exact) mass is 165 g/mol. The van der Waals surface area contributed by atoms with Crippen molar-refractivity contribution in [3.05, 3.63) is 30.3 Å². The Morgan fingerprint density at radius 3 is 2.25 bits per heavy atom. The lowest BCUT2D eigenvalue weighted by molar-refractivity contribution is -0.0591. The van der Waals surface area contributed by atoms with Gasteiger partial charge in [0.1, 0.15) is 5.75 Å². The summed E-state index contributed by atoms with van der Waals surface area (Å²) < 4.78 is 0. The summed E-state index contributed by atoms with van der Waals surface area (Å²) in [5.74, 6) is 0.883. The van der Waals surface area contributed by atoms with Gasteiger partial charge in [-0.25, -0.2) is 0 Å². The number of rotatable bonds is 3. The zero-order valence-electron chi connectivity index (χ0n) is 7.82. The van der Waals surface area contributed by atoms with Crippen LogP contribution in [0.25, 0.3) is 0 Å². The molecule has 0 atom stereocenters. The molecular formula is C10H15NO. The third-order valence-corrected chi connectivity index (χ3v) is 1.72. The van der Waals surface area contributed by atoms with Gasteiger partial charge in [0.25, 0.3) is 0 Å². The molecule has 0 aliphatic rings. The van der Waals surface area contributed by atoms with Crippen LogP contribution in [0.15, 0.2) is 30.3 Å². The molecular weight excluding hydrogens is 150 g/mol. The van der Waals surface area contributed by atoms with Crippen LogP contribution in [-0.2, 0) is 0 Å². The minimum Gasteiger partial charge on any atom is -0.406 e. The highest BCUT2D eigenvalue weighted by molar-refractivity contribution is 5.20. The number of benzene rings is 1. The van der Waals surface area contributed by atoms with E-state index >= 15 is 0 Å². The van der Waals surface area contributed by atoms with Crippen molar-refractivity contribution in [2.45, 2.75) is 19.9 Å². The number of hydroxylamine groups is 2. The molecule has 0 spiro atoms. The van der Waals surface area contributed by atoms with Crippen LogP contribution in [0.1, 0.15) is 13.8 Å². The molecule has 0 saturated carbocycles. The summed E-state index contributed by atoms with van der Waals surface area (Å²) in [6.45, 7) is 4.17. The fourth-order valence-corrected chi connectivity index (χ4v) is 0.753. The Morgan fingerprint density at radius 1 is 1.17 bits per heavy atom. The van der Waals surface area contributed by atoms with E-state index in [1.807, 2.05) is 42.4 Å². The van der Waals surface area contributed by atoms with Crippen molar-refractivity contribution in [1.29, 1.82) is 0 Å². The van der Waals surface area contributed by atoms with Crippen molar-refractivity contribution in [2.75, 3.05) is 7.05 Å². The summed E-state index contributed by atoms with van der Waals surface area (Å²) in [6, 6.07) is 10.2. The standard InChI is InChI=1S/C10H15NO/c1-9(2)11(3)12-10-7-5-4-6-8-10/h4-9H,1-3H3. The van der Waals surface area contributed by atoms with Crippen molar-refractivity contribution in [2.24, 2.45) is 0 Å². The summed E-state index contributed by atoms with van der Waals surface area (Å²) in [7, 11) is 1.93. The molecule has 0 aromatic heterocycles. The van der Waals surface area contributed by atoms with Gasteiger partial charge in [-0.05, 0) is 26.0 Å². The maximum Gasteiger partial charge on any atom is 0.147 e. The molecule has 2 heteroatoms. The summed E-state index contributed by atoms with van der Waals surface area (Å²) >= 11 is 0. The minimum atomic E-state index is 0.394. The molecule has 12 heavy (non-hydrogen) atoms. The molecule has 0 heterocycles. The lowest BCUT2D eigenvalue weighted by Crippen LogP contribution is -2.29. The van der Waals surface area contributed by atoms with Gasteiger partial charge in [-0.3, -0.25) is 0 Å². The average Bonchev–Trinajstić information content (AvgIpc) is 2.06. The number of para-hydroxylation sites is 1. The Kier molecular flexibility index (Phi) is 3.11. The van der Waals surface area contributed by atoms with E-state index in [4.69, 9.17) is 4.84 Å². The summed E-state index contributed by atoms with van der Waals surface area (Å²) in [4.78, 5) is 5.51. The molecule has 0 saturated heterocycles. The second-order valence-corrected chi connectivity index (χ2v) is 3.04. The molecule has 0 aliphatic carbocycles. The van der Waals surface area contributed by atoms with Crippen LogP contribution in [0.4, 0.5) is 0 Å². The van der Waals surface area contributed by atoms with Crippen LogP contribution in [-0.4, -0.2) is 18.2 Å². The SMILES string of the molecule is CC(C)N(C)Oc1ccccc1. The highest BCUT2D eigenvalue weighted by Crippen LogP contribution is 2.10. The van der Waals surface area contributed by atoms with E-state index in [0.29, 0.717) is 6.04 Å². The molecule has 1 aromatic carbocycles. The van der Waals surface area contributed by atoms with Crippen molar-refractivity contribution in [3.63, 3.8) is 0 Å². The van der Waals surface area contributed by atoms with Gasteiger partial charge in [-0.1, -0.05) is 18.2 Å². The first-order valence-electron chi connectivity index (χ1n) is 4.16. The molecule has 1 rings (SSSR count). The smallest absolute Gasteiger partial charge is 0.147 e. The topological polar surface area (TPSA) is 12.5 Å². The minimum absolute atomic E-state index is 0.394. The lowest BCUT2D eigenvalue weighted by atomic mass is 10.3. The summed E-state index contributed by atoms with van der Waals surface area (Å²) in [6.07, 6.45) is 0. The van der Waals surface area contributed by atoms with E-state index in [2.05, 4.69) is 13.8 Å². The molecule has 0 bridgehead atoms. The zero-order chi connectivity index (χ0) is 8.97. The van der Waals surface area contributed by atoms with Gasteiger partial charge in [-0.15, -0.1) is 5.06 Å². The molecule has 66 valence electrons. The fourth-order valence-electron chi connectivity index (χ4n) is 0.753.